The molecule has 11 nitrogen and oxygen atoms in total. The Morgan fingerprint density at radius 3 is 2.26 bits per heavy atom. The summed E-state index contributed by atoms with van der Waals surface area (Å²) >= 11 is 0. The third-order valence-electron chi connectivity index (χ3n) is 6.70. The smallest absolute Gasteiger partial charge is 0.323 e. The molecule has 43 heavy (non-hydrogen) atoms. The minimum absolute atomic E-state index is 0.0835. The number of amides is 5. The molecule has 1 heterocycles. The molecule has 226 valence electrons. The van der Waals surface area contributed by atoms with Gasteiger partial charge in [0.05, 0.1) is 24.1 Å². The molecule has 5 amide bonds. The van der Waals surface area contributed by atoms with Gasteiger partial charge in [-0.2, -0.15) is 0 Å². The zero-order valence-corrected chi connectivity index (χ0v) is 24.8. The molecule has 0 atom stereocenters. The first-order valence-corrected chi connectivity index (χ1v) is 14.0. The molecule has 0 aromatic heterocycles. The molecular formula is C32H37N5O6. The molecule has 0 saturated carbocycles. The number of anilines is 3. The standard InChI is InChI=1S/C30H31N5O6.C2H6/c1-19-5-3-4-6-24(19)33-30(41)32-22-10-7-20(8-11-22)16-26(36)31-17-21-9-12-25-23(15-21)29(40)35(14-13-28(38)39)18-27(37)34(25)2;1-2/h3-12,15H,13-14,16-18H2,1-2H3,(H,31,36)(H,38,39)(H2,32,33,41);1-2H3. The maximum atomic E-state index is 13.1. The fourth-order valence-corrected chi connectivity index (χ4v) is 4.37. The molecule has 1 aliphatic rings. The van der Waals surface area contributed by atoms with Crippen molar-refractivity contribution in [2.24, 2.45) is 0 Å². The summed E-state index contributed by atoms with van der Waals surface area (Å²) in [6, 6.07) is 19.0. The van der Waals surface area contributed by atoms with Crippen LogP contribution in [0, 0.1) is 6.92 Å². The number of nitrogens with one attached hydrogen (secondary N) is 3. The van der Waals surface area contributed by atoms with Crippen LogP contribution >= 0.6 is 0 Å². The average Bonchev–Trinajstić information content (AvgIpc) is 3.08. The second-order valence-electron chi connectivity index (χ2n) is 9.72. The molecule has 11 heteroatoms. The Morgan fingerprint density at radius 1 is 0.907 bits per heavy atom. The highest BCUT2D eigenvalue weighted by Crippen LogP contribution is 2.26. The van der Waals surface area contributed by atoms with Crippen LogP contribution in [0.4, 0.5) is 21.9 Å². The number of hydrogen-bond donors (Lipinski definition) is 4. The van der Waals surface area contributed by atoms with Crippen molar-refractivity contribution in [3.8, 4) is 0 Å². The third-order valence-corrected chi connectivity index (χ3v) is 6.70. The molecule has 0 radical (unpaired) electrons. The van der Waals surface area contributed by atoms with Gasteiger partial charge in [-0.25, -0.2) is 4.79 Å². The lowest BCUT2D eigenvalue weighted by Gasteiger charge is -2.19. The Hall–Kier alpha value is -5.19. The SMILES string of the molecule is CC.Cc1ccccc1NC(=O)Nc1ccc(CC(=O)NCc2ccc3c(c2)C(=O)N(CCC(=O)O)CC(=O)N3C)cc1. The first-order valence-electron chi connectivity index (χ1n) is 14.0. The van der Waals surface area contributed by atoms with Crippen LogP contribution in [0.15, 0.2) is 66.7 Å². The summed E-state index contributed by atoms with van der Waals surface area (Å²) in [6.45, 7) is 5.76. The van der Waals surface area contributed by atoms with E-state index in [-0.39, 0.29) is 55.9 Å². The van der Waals surface area contributed by atoms with E-state index >= 15 is 0 Å². The van der Waals surface area contributed by atoms with Crippen molar-refractivity contribution in [1.29, 1.82) is 0 Å². The number of rotatable bonds is 9. The van der Waals surface area contributed by atoms with Crippen LogP contribution < -0.4 is 20.9 Å². The van der Waals surface area contributed by atoms with Gasteiger partial charge in [-0.15, -0.1) is 0 Å². The van der Waals surface area contributed by atoms with E-state index in [2.05, 4.69) is 16.0 Å². The minimum Gasteiger partial charge on any atom is -0.481 e. The Morgan fingerprint density at radius 2 is 1.58 bits per heavy atom. The number of fused-ring (bicyclic) bond motifs is 1. The van der Waals surface area contributed by atoms with E-state index in [1.807, 2.05) is 45.0 Å². The van der Waals surface area contributed by atoms with Gasteiger partial charge in [0.1, 0.15) is 6.54 Å². The topological polar surface area (TPSA) is 148 Å². The summed E-state index contributed by atoms with van der Waals surface area (Å²) < 4.78 is 0. The molecule has 4 rings (SSSR count). The molecule has 0 unspecified atom stereocenters. The van der Waals surface area contributed by atoms with Crippen LogP contribution in [0.25, 0.3) is 0 Å². The summed E-state index contributed by atoms with van der Waals surface area (Å²) in [5.41, 5.74) is 4.34. The second-order valence-corrected chi connectivity index (χ2v) is 9.72. The molecule has 0 bridgehead atoms. The molecule has 0 spiro atoms. The number of nitrogens with zero attached hydrogens (tertiary/aromatic N) is 2. The van der Waals surface area contributed by atoms with Crippen molar-refractivity contribution >= 4 is 46.8 Å². The van der Waals surface area contributed by atoms with E-state index in [0.29, 0.717) is 22.6 Å². The van der Waals surface area contributed by atoms with Gasteiger partial charge in [0.25, 0.3) is 5.91 Å². The Balaban J connectivity index is 0.00000248. The average molecular weight is 588 g/mol. The van der Waals surface area contributed by atoms with Crippen LogP contribution in [0.2, 0.25) is 0 Å². The molecule has 0 saturated heterocycles. The number of carbonyl (C=O) groups is 5. The number of carbonyl (C=O) groups excluding carboxylic acids is 4. The molecule has 0 aliphatic carbocycles. The van der Waals surface area contributed by atoms with Crippen LogP contribution in [-0.2, 0) is 27.3 Å². The van der Waals surface area contributed by atoms with Crippen molar-refractivity contribution in [3.63, 3.8) is 0 Å². The number of aryl methyl sites for hydroxylation is 1. The van der Waals surface area contributed by atoms with Gasteiger partial charge in [0.15, 0.2) is 0 Å². The molecule has 3 aromatic carbocycles. The van der Waals surface area contributed by atoms with Crippen molar-refractivity contribution < 1.29 is 29.1 Å². The summed E-state index contributed by atoms with van der Waals surface area (Å²) in [5.74, 6) is -2.06. The zero-order valence-electron chi connectivity index (χ0n) is 24.8. The predicted molar refractivity (Wildman–Crippen MR) is 165 cm³/mol. The van der Waals surface area contributed by atoms with E-state index in [1.165, 1.54) is 9.80 Å². The van der Waals surface area contributed by atoms with Gasteiger partial charge in [0.2, 0.25) is 11.8 Å². The molecule has 3 aromatic rings. The third kappa shape index (κ3) is 8.90. The quantitative estimate of drug-likeness (QED) is 0.291. The van der Waals surface area contributed by atoms with Crippen molar-refractivity contribution in [1.82, 2.24) is 10.2 Å². The lowest BCUT2D eigenvalue weighted by atomic mass is 10.1. The van der Waals surface area contributed by atoms with Gasteiger partial charge in [-0.3, -0.25) is 19.2 Å². The lowest BCUT2D eigenvalue weighted by molar-refractivity contribution is -0.137. The van der Waals surface area contributed by atoms with E-state index in [0.717, 1.165) is 11.1 Å². The zero-order chi connectivity index (χ0) is 31.5. The largest absolute Gasteiger partial charge is 0.481 e. The fraction of sp³-hybridized carbons (Fsp3) is 0.281. The normalized spacial score (nSPS) is 12.4. The minimum atomic E-state index is -1.06. The number of carboxylic acids is 1. The van der Waals surface area contributed by atoms with Crippen molar-refractivity contribution in [3.05, 3.63) is 89.0 Å². The summed E-state index contributed by atoms with van der Waals surface area (Å²) in [7, 11) is 1.56. The van der Waals surface area contributed by atoms with Gasteiger partial charge in [-0.1, -0.05) is 50.2 Å². The molecule has 4 N–H and O–H groups in total. The number of aliphatic carboxylic acids is 1. The Labute approximate surface area is 250 Å². The first-order chi connectivity index (χ1) is 20.6. The summed E-state index contributed by atoms with van der Waals surface area (Å²) in [5, 5.41) is 17.4. The van der Waals surface area contributed by atoms with E-state index in [1.54, 1.807) is 49.5 Å². The number of urea groups is 1. The monoisotopic (exact) mass is 587 g/mol. The second kappa shape index (κ2) is 15.2. The van der Waals surface area contributed by atoms with Gasteiger partial charge in [-0.05, 0) is 53.9 Å². The maximum absolute atomic E-state index is 13.1. The van der Waals surface area contributed by atoms with E-state index in [9.17, 15) is 24.0 Å². The highest BCUT2D eigenvalue weighted by Gasteiger charge is 2.30. The summed E-state index contributed by atoms with van der Waals surface area (Å²) in [4.78, 5) is 64.1. The van der Waals surface area contributed by atoms with Crippen LogP contribution in [0.5, 0.6) is 0 Å². The number of carboxylic acid groups (broad SMARTS) is 1. The number of likely N-dealkylation sites (N-methyl/N-ethyl adjacent to an activating group) is 1. The van der Waals surface area contributed by atoms with Crippen LogP contribution in [0.3, 0.4) is 0 Å². The van der Waals surface area contributed by atoms with Gasteiger partial charge in [0, 0.05) is 31.5 Å². The number of hydrogen-bond acceptors (Lipinski definition) is 5. The predicted octanol–water partition coefficient (Wildman–Crippen LogP) is 4.42. The first kappa shape index (κ1) is 32.3. The fourth-order valence-electron chi connectivity index (χ4n) is 4.37. The van der Waals surface area contributed by atoms with Crippen molar-refractivity contribution in [2.75, 3.05) is 35.7 Å². The van der Waals surface area contributed by atoms with Gasteiger partial charge >= 0.3 is 12.0 Å². The summed E-state index contributed by atoms with van der Waals surface area (Å²) in [6.07, 6.45) is -0.162. The van der Waals surface area contributed by atoms with Gasteiger partial charge < -0.3 is 30.9 Å². The van der Waals surface area contributed by atoms with E-state index in [4.69, 9.17) is 5.11 Å². The number of benzene rings is 3. The highest BCUT2D eigenvalue weighted by molar-refractivity contribution is 6.09. The Bertz CT molecular complexity index is 1490. The van der Waals surface area contributed by atoms with E-state index < -0.39 is 11.9 Å². The van der Waals surface area contributed by atoms with Crippen LogP contribution in [0.1, 0.15) is 47.3 Å². The molecule has 0 fully saturated rings. The van der Waals surface area contributed by atoms with Crippen LogP contribution in [-0.4, -0.2) is 59.9 Å². The van der Waals surface area contributed by atoms with Crippen molar-refractivity contribution in [2.45, 2.75) is 40.2 Å². The lowest BCUT2D eigenvalue weighted by Crippen LogP contribution is -2.38. The number of para-hydroxylation sites is 1. The molecule has 1 aliphatic heterocycles. The maximum Gasteiger partial charge on any atom is 0.323 e. The Kier molecular flexibility index (Phi) is 11.4. The highest BCUT2D eigenvalue weighted by atomic mass is 16.4. The molecular weight excluding hydrogens is 550 g/mol.